The Morgan fingerprint density at radius 3 is 2.44 bits per heavy atom. The number of hydrogen-bond acceptors (Lipinski definition) is 2. The summed E-state index contributed by atoms with van der Waals surface area (Å²) in [5.74, 6) is -0.0695. The molecule has 2 aromatic rings. The molecule has 0 saturated heterocycles. The molecule has 0 aliphatic carbocycles. The molecular weight excluding hydrogens is 441 g/mol. The molecule has 0 radical (unpaired) electrons. The molecule has 1 N–H and O–H groups in total. The first-order valence-electron chi connectivity index (χ1n) is 10.7. The molecule has 32 heavy (non-hydrogen) atoms. The number of benzene rings is 2. The van der Waals surface area contributed by atoms with Crippen LogP contribution in [-0.4, -0.2) is 22.5 Å². The van der Waals surface area contributed by atoms with Gasteiger partial charge in [0.2, 0.25) is 5.91 Å². The van der Waals surface area contributed by atoms with Crippen LogP contribution in [0.4, 0.5) is 0 Å². The van der Waals surface area contributed by atoms with Gasteiger partial charge in [-0.2, -0.15) is 0 Å². The second kappa shape index (κ2) is 10.1. The van der Waals surface area contributed by atoms with E-state index in [-0.39, 0.29) is 12.5 Å². The van der Waals surface area contributed by atoms with Crippen LogP contribution in [0, 0.1) is 5.41 Å². The third kappa shape index (κ3) is 4.71. The lowest BCUT2D eigenvalue weighted by Crippen LogP contribution is -2.47. The van der Waals surface area contributed by atoms with Crippen LogP contribution >= 0.6 is 23.2 Å². The molecular formula is C27H29Cl2NO2. The fraction of sp³-hybridized carbons (Fsp3) is 0.296. The number of amides is 1. The van der Waals surface area contributed by atoms with Crippen LogP contribution in [0.5, 0.6) is 0 Å². The van der Waals surface area contributed by atoms with E-state index in [1.807, 2.05) is 75.4 Å². The first kappa shape index (κ1) is 24.3. The summed E-state index contributed by atoms with van der Waals surface area (Å²) in [6, 6.07) is 14.7. The van der Waals surface area contributed by atoms with E-state index >= 15 is 0 Å². The minimum atomic E-state index is -0.809. The molecule has 3 rings (SSSR count). The Balaban J connectivity index is 2.37. The topological polar surface area (TPSA) is 40.5 Å². The summed E-state index contributed by atoms with van der Waals surface area (Å²) in [6.45, 7) is 9.54. The maximum Gasteiger partial charge on any atom is 0.237 e. The Hall–Kier alpha value is -2.33. The zero-order valence-corrected chi connectivity index (χ0v) is 20.2. The van der Waals surface area contributed by atoms with Crippen molar-refractivity contribution < 1.29 is 9.90 Å². The normalized spacial score (nSPS) is 21.8. The lowest BCUT2D eigenvalue weighted by Gasteiger charge is -2.45. The third-order valence-corrected chi connectivity index (χ3v) is 6.60. The Morgan fingerprint density at radius 1 is 1.19 bits per heavy atom. The van der Waals surface area contributed by atoms with Crippen molar-refractivity contribution in [2.24, 2.45) is 5.41 Å². The van der Waals surface area contributed by atoms with Crippen molar-refractivity contribution in [3.63, 3.8) is 0 Å². The molecule has 0 unspecified atom stereocenters. The summed E-state index contributed by atoms with van der Waals surface area (Å²) in [5.41, 5.74) is 3.57. The number of rotatable bonds is 7. The summed E-state index contributed by atoms with van der Waals surface area (Å²) in [5, 5.41) is 11.6. The number of carbonyl (C=O) groups is 1. The van der Waals surface area contributed by atoms with Gasteiger partial charge >= 0.3 is 0 Å². The molecule has 1 aliphatic heterocycles. The number of carbonyl (C=O) groups excluding carboxylic acids is 1. The van der Waals surface area contributed by atoms with Crippen LogP contribution < -0.4 is 0 Å². The highest BCUT2D eigenvalue weighted by Gasteiger charge is 2.45. The average molecular weight is 470 g/mol. The Kier molecular flexibility index (Phi) is 7.66. The van der Waals surface area contributed by atoms with E-state index in [1.165, 1.54) is 0 Å². The lowest BCUT2D eigenvalue weighted by atomic mass is 9.74. The molecule has 1 amide bonds. The van der Waals surface area contributed by atoms with Crippen LogP contribution in [0.1, 0.15) is 50.8 Å². The summed E-state index contributed by atoms with van der Waals surface area (Å²) in [4.78, 5) is 15.8. The molecule has 1 heterocycles. The second-order valence-corrected chi connectivity index (χ2v) is 9.26. The number of aliphatic hydroxyl groups is 1. The number of nitrogens with zero attached hydrogens (tertiary/aromatic N) is 1. The van der Waals surface area contributed by atoms with Crippen molar-refractivity contribution in [1.29, 1.82) is 0 Å². The van der Waals surface area contributed by atoms with Gasteiger partial charge in [-0.3, -0.25) is 4.79 Å². The highest BCUT2D eigenvalue weighted by Crippen LogP contribution is 2.48. The first-order valence-corrected chi connectivity index (χ1v) is 11.5. The Labute approximate surface area is 200 Å². The van der Waals surface area contributed by atoms with E-state index in [9.17, 15) is 9.90 Å². The molecule has 0 spiro atoms. The molecule has 1 aliphatic rings. The van der Waals surface area contributed by atoms with E-state index in [0.29, 0.717) is 22.2 Å². The molecule has 2 aromatic carbocycles. The van der Waals surface area contributed by atoms with E-state index in [2.05, 4.69) is 6.58 Å². The monoisotopic (exact) mass is 469 g/mol. The van der Waals surface area contributed by atoms with Gasteiger partial charge in [-0.05, 0) is 67.7 Å². The van der Waals surface area contributed by atoms with Crippen LogP contribution in [0.15, 0.2) is 78.5 Å². The predicted octanol–water partition coefficient (Wildman–Crippen LogP) is 7.22. The van der Waals surface area contributed by atoms with Crippen molar-refractivity contribution in [2.75, 3.05) is 6.61 Å². The molecule has 0 fully saturated rings. The first-order chi connectivity index (χ1) is 15.3. The van der Waals surface area contributed by atoms with Gasteiger partial charge in [0.1, 0.15) is 0 Å². The van der Waals surface area contributed by atoms with E-state index in [1.54, 1.807) is 11.0 Å². The van der Waals surface area contributed by atoms with Crippen LogP contribution in [0.2, 0.25) is 10.0 Å². The molecule has 0 aromatic heterocycles. The van der Waals surface area contributed by atoms with E-state index in [0.717, 1.165) is 28.7 Å². The standard InChI is InChI=1S/C27H29Cl2NO2/c1-5-14-27(4)16-23(20-8-7-9-22(29)15-20)25(19-10-12-21(28)13-11-19)30(26(27)32)24(17-31)18(3)6-2/h5,7-13,15-16,25,31H,1,6,14,17H2,2-4H3/b24-18+/t25-,27+/m1/s1. The molecule has 2 atom stereocenters. The number of allylic oxidation sites excluding steroid dienone is 2. The highest BCUT2D eigenvalue weighted by molar-refractivity contribution is 6.31. The lowest BCUT2D eigenvalue weighted by molar-refractivity contribution is -0.139. The number of aliphatic hydroxyl groups excluding tert-OH is 1. The maximum atomic E-state index is 14.0. The largest absolute Gasteiger partial charge is 0.390 e. The SMILES string of the molecule is C=CC[C@@]1(C)C=C(c2cccc(Cl)c2)[C@@H](c2ccc(Cl)cc2)N(/C(CO)=C(\C)CC)C1=O. The van der Waals surface area contributed by atoms with Crippen LogP contribution in [0.3, 0.4) is 0 Å². The highest BCUT2D eigenvalue weighted by atomic mass is 35.5. The van der Waals surface area contributed by atoms with Crippen molar-refractivity contribution in [2.45, 2.75) is 39.7 Å². The minimum absolute atomic E-state index is 0.0695. The Bertz CT molecular complexity index is 1070. The van der Waals surface area contributed by atoms with Crippen molar-refractivity contribution >= 4 is 34.7 Å². The summed E-state index contributed by atoms with van der Waals surface area (Å²) >= 11 is 12.5. The van der Waals surface area contributed by atoms with Gasteiger partial charge in [0.25, 0.3) is 0 Å². The molecule has 0 bridgehead atoms. The predicted molar refractivity (Wildman–Crippen MR) is 133 cm³/mol. The molecule has 5 heteroatoms. The third-order valence-electron chi connectivity index (χ3n) is 6.11. The van der Waals surface area contributed by atoms with Gasteiger partial charge in [-0.25, -0.2) is 0 Å². The zero-order valence-electron chi connectivity index (χ0n) is 18.7. The molecule has 3 nitrogen and oxygen atoms in total. The average Bonchev–Trinajstić information content (AvgIpc) is 2.77. The van der Waals surface area contributed by atoms with Gasteiger partial charge in [0.15, 0.2) is 0 Å². The van der Waals surface area contributed by atoms with Gasteiger partial charge in [0.05, 0.1) is 18.1 Å². The number of hydrogen-bond donors (Lipinski definition) is 1. The smallest absolute Gasteiger partial charge is 0.237 e. The fourth-order valence-corrected chi connectivity index (χ4v) is 4.56. The summed E-state index contributed by atoms with van der Waals surface area (Å²) in [7, 11) is 0. The molecule has 168 valence electrons. The van der Waals surface area contributed by atoms with Crippen molar-refractivity contribution in [3.05, 3.63) is 99.7 Å². The fourth-order valence-electron chi connectivity index (χ4n) is 4.24. The van der Waals surface area contributed by atoms with Crippen LogP contribution in [-0.2, 0) is 4.79 Å². The van der Waals surface area contributed by atoms with Gasteiger partial charge in [-0.15, -0.1) is 6.58 Å². The Morgan fingerprint density at radius 2 is 1.88 bits per heavy atom. The molecule has 0 saturated carbocycles. The van der Waals surface area contributed by atoms with E-state index < -0.39 is 11.5 Å². The van der Waals surface area contributed by atoms with Gasteiger partial charge in [0, 0.05) is 15.7 Å². The van der Waals surface area contributed by atoms with Crippen molar-refractivity contribution in [1.82, 2.24) is 4.90 Å². The van der Waals surface area contributed by atoms with Gasteiger partial charge in [-0.1, -0.05) is 72.1 Å². The minimum Gasteiger partial charge on any atom is -0.390 e. The quantitative estimate of drug-likeness (QED) is 0.434. The summed E-state index contributed by atoms with van der Waals surface area (Å²) in [6.07, 6.45) is 5.00. The van der Waals surface area contributed by atoms with E-state index in [4.69, 9.17) is 23.2 Å². The van der Waals surface area contributed by atoms with Gasteiger partial charge < -0.3 is 10.0 Å². The van der Waals surface area contributed by atoms with Crippen molar-refractivity contribution in [3.8, 4) is 0 Å². The second-order valence-electron chi connectivity index (χ2n) is 8.39. The zero-order chi connectivity index (χ0) is 23.5. The summed E-state index contributed by atoms with van der Waals surface area (Å²) < 4.78 is 0. The van der Waals surface area contributed by atoms with Crippen LogP contribution in [0.25, 0.3) is 5.57 Å². The maximum absolute atomic E-state index is 14.0. The number of halogens is 2.